The van der Waals surface area contributed by atoms with E-state index in [1.54, 1.807) is 0 Å². The predicted molar refractivity (Wildman–Crippen MR) is 14.8 cm³/mol. The van der Waals surface area contributed by atoms with Gasteiger partial charge in [-0.1, -0.05) is 0 Å². The van der Waals surface area contributed by atoms with Crippen LogP contribution in [0.2, 0.25) is 0 Å². The molecule has 6 nitrogen and oxygen atoms in total. The Morgan fingerprint density at radius 3 is 1.00 bits per heavy atom. The van der Waals surface area contributed by atoms with Crippen LogP contribution in [0.1, 0.15) is 0 Å². The topological polar surface area (TPSA) is 149 Å². The van der Waals surface area contributed by atoms with E-state index in [2.05, 4.69) is 0 Å². The van der Waals surface area contributed by atoms with Crippen molar-refractivity contribution in [3.8, 4) is 0 Å². The maximum absolute atomic E-state index is 8.55. The first-order valence-corrected chi connectivity index (χ1v) is 2.19. The Kier molecular flexibility index (Phi) is 23.1. The van der Waals surface area contributed by atoms with Crippen molar-refractivity contribution in [2.24, 2.45) is 0 Å². The summed E-state index contributed by atoms with van der Waals surface area (Å²) in [4.78, 5) is 25.6. The molecule has 0 atom stereocenters. The Bertz CT molecular complexity index is 54.7. The molecule has 0 bridgehead atoms. The summed E-state index contributed by atoms with van der Waals surface area (Å²) >= 11 is 0. The molecule has 48 valence electrons. The average molecular weight is 154 g/mol. The molecule has 0 saturated heterocycles. The number of hydrogen-bond acceptors (Lipinski definition) is 4. The zero-order valence-corrected chi connectivity index (χ0v) is 6.97. The second-order valence-electron chi connectivity index (χ2n) is 0.447. The third-order valence-corrected chi connectivity index (χ3v) is 0. The molecular formula is H4NaO6P-2. The van der Waals surface area contributed by atoms with Crippen LogP contribution in [-0.4, -0.2) is 11.0 Å². The third kappa shape index (κ3) is 241. The van der Waals surface area contributed by atoms with Crippen molar-refractivity contribution in [1.29, 1.82) is 0 Å². The molecule has 0 amide bonds. The smallest absolute Gasteiger partial charge is 0.822 e. The van der Waals surface area contributed by atoms with E-state index >= 15 is 0 Å². The summed E-state index contributed by atoms with van der Waals surface area (Å²) < 4.78 is 8.55. The van der Waals surface area contributed by atoms with Crippen LogP contribution in [0.4, 0.5) is 0 Å². The van der Waals surface area contributed by atoms with E-state index in [4.69, 9.17) is 19.2 Å². The van der Waals surface area contributed by atoms with Crippen LogP contribution in [0.25, 0.3) is 0 Å². The van der Waals surface area contributed by atoms with E-state index in [-0.39, 0.29) is 40.5 Å². The minimum atomic E-state index is -5.39. The molecule has 0 aromatic carbocycles. The number of rotatable bonds is 0. The van der Waals surface area contributed by atoms with Gasteiger partial charge in [-0.2, -0.15) is 7.82 Å². The van der Waals surface area contributed by atoms with Gasteiger partial charge in [0.1, 0.15) is 0 Å². The summed E-state index contributed by atoms with van der Waals surface area (Å²) in [6.45, 7) is 0. The number of phosphoric acid groups is 1. The van der Waals surface area contributed by atoms with E-state index in [1.165, 1.54) is 0 Å². The average Bonchev–Trinajstić information content (AvgIpc) is 0.722. The zero-order chi connectivity index (χ0) is 4.50. The van der Waals surface area contributed by atoms with Gasteiger partial charge in [-0.05, 0) is 0 Å². The molecule has 8 heteroatoms. The van der Waals surface area contributed by atoms with Crippen molar-refractivity contribution in [3.63, 3.8) is 0 Å². The van der Waals surface area contributed by atoms with Crippen LogP contribution in [0.15, 0.2) is 0 Å². The molecule has 0 saturated carbocycles. The van der Waals surface area contributed by atoms with Crippen molar-refractivity contribution < 1.29 is 59.8 Å². The van der Waals surface area contributed by atoms with Crippen molar-refractivity contribution in [3.05, 3.63) is 0 Å². The molecule has 4 N–H and O–H groups in total. The molecular weight excluding hydrogens is 150 g/mol. The first kappa shape index (κ1) is 23.0. The van der Waals surface area contributed by atoms with Crippen molar-refractivity contribution in [2.75, 3.05) is 0 Å². The molecule has 0 aromatic heterocycles. The maximum Gasteiger partial charge on any atom is 1.00 e. The SMILES string of the molecule is O.O.O=P([O-])([O-])[O-].[Na+]. The van der Waals surface area contributed by atoms with Gasteiger partial charge in [-0.25, -0.2) is 0 Å². The normalized spacial score (nSPS) is 7.38. The molecule has 0 fully saturated rings. The molecule has 0 unspecified atom stereocenters. The fraction of sp³-hybridized carbons (Fsp3) is 0. The van der Waals surface area contributed by atoms with Gasteiger partial charge in [0.25, 0.3) is 0 Å². The summed E-state index contributed by atoms with van der Waals surface area (Å²) in [6.07, 6.45) is 0. The van der Waals surface area contributed by atoms with Gasteiger partial charge in [-0.3, -0.25) is 0 Å². The first-order valence-electron chi connectivity index (χ1n) is 0.730. The van der Waals surface area contributed by atoms with Gasteiger partial charge in [-0.15, -0.1) is 0 Å². The summed E-state index contributed by atoms with van der Waals surface area (Å²) in [5.41, 5.74) is 0. The van der Waals surface area contributed by atoms with Crippen LogP contribution in [0, 0.1) is 0 Å². The van der Waals surface area contributed by atoms with E-state index in [0.29, 0.717) is 0 Å². The Hall–Kier alpha value is 1.03. The summed E-state index contributed by atoms with van der Waals surface area (Å²) in [7, 11) is -5.39. The largest absolute Gasteiger partial charge is 1.00 e. The fourth-order valence-electron chi connectivity index (χ4n) is 0. The third-order valence-electron chi connectivity index (χ3n) is 0. The maximum atomic E-state index is 8.55. The van der Waals surface area contributed by atoms with Crippen molar-refractivity contribution in [1.82, 2.24) is 0 Å². The van der Waals surface area contributed by atoms with E-state index in [0.717, 1.165) is 0 Å². The molecule has 0 heterocycles. The molecule has 0 radical (unpaired) electrons. The van der Waals surface area contributed by atoms with Gasteiger partial charge in [0.15, 0.2) is 0 Å². The Morgan fingerprint density at radius 1 is 1.00 bits per heavy atom. The van der Waals surface area contributed by atoms with Crippen LogP contribution >= 0.6 is 7.82 Å². The Balaban J connectivity index is -0.0000000267. The molecule has 0 spiro atoms. The molecule has 0 aliphatic heterocycles. The van der Waals surface area contributed by atoms with Gasteiger partial charge in [0.2, 0.25) is 0 Å². The zero-order valence-electron chi connectivity index (χ0n) is 4.08. The number of hydrogen-bond donors (Lipinski definition) is 0. The van der Waals surface area contributed by atoms with Crippen LogP contribution < -0.4 is 44.2 Å². The quantitative estimate of drug-likeness (QED) is 0.251. The van der Waals surface area contributed by atoms with E-state index in [1.807, 2.05) is 0 Å². The second-order valence-corrected chi connectivity index (χ2v) is 1.34. The Labute approximate surface area is 67.7 Å². The summed E-state index contributed by atoms with van der Waals surface area (Å²) in [5, 5.41) is 0. The van der Waals surface area contributed by atoms with E-state index in [9.17, 15) is 0 Å². The van der Waals surface area contributed by atoms with Crippen molar-refractivity contribution in [2.45, 2.75) is 0 Å². The monoisotopic (exact) mass is 154 g/mol. The second kappa shape index (κ2) is 8.03. The Morgan fingerprint density at radius 2 is 1.00 bits per heavy atom. The summed E-state index contributed by atoms with van der Waals surface area (Å²) in [6, 6.07) is 0. The fourth-order valence-corrected chi connectivity index (χ4v) is 0. The van der Waals surface area contributed by atoms with Crippen molar-refractivity contribution >= 4 is 7.82 Å². The van der Waals surface area contributed by atoms with Crippen LogP contribution in [0.3, 0.4) is 0 Å². The van der Waals surface area contributed by atoms with Gasteiger partial charge < -0.3 is 30.2 Å². The molecule has 0 aliphatic carbocycles. The molecule has 0 aromatic rings. The molecule has 0 rings (SSSR count). The van der Waals surface area contributed by atoms with Crippen LogP contribution in [0.5, 0.6) is 0 Å². The molecule has 0 aliphatic rings. The predicted octanol–water partition coefficient (Wildman–Crippen LogP) is -7.47. The first-order chi connectivity index (χ1) is 2.00. The standard InChI is InChI=1S/Na.H3O4P.2H2O/c;1-5(2,3)4;;/h;(H3,1,2,3,4);2*1H2/q+1;;;/p-3. The summed E-state index contributed by atoms with van der Waals surface area (Å²) in [5.74, 6) is 0. The minimum absolute atomic E-state index is 0. The van der Waals surface area contributed by atoms with E-state index < -0.39 is 7.82 Å². The van der Waals surface area contributed by atoms with Gasteiger partial charge in [0, 0.05) is 0 Å². The van der Waals surface area contributed by atoms with Crippen LogP contribution in [-0.2, 0) is 4.57 Å². The molecule has 8 heavy (non-hydrogen) atoms. The van der Waals surface area contributed by atoms with Gasteiger partial charge in [0.05, 0.1) is 0 Å². The van der Waals surface area contributed by atoms with Gasteiger partial charge >= 0.3 is 29.6 Å². The minimum Gasteiger partial charge on any atom is -0.822 e.